The number of rotatable bonds is 8. The van der Waals surface area contributed by atoms with Crippen molar-refractivity contribution in [3.63, 3.8) is 0 Å². The van der Waals surface area contributed by atoms with Gasteiger partial charge in [-0.05, 0) is 43.5 Å². The summed E-state index contributed by atoms with van der Waals surface area (Å²) in [5, 5.41) is 7.02. The zero-order chi connectivity index (χ0) is 25.7. The minimum Gasteiger partial charge on any atom is -0.493 e. The third-order valence-corrected chi connectivity index (χ3v) is 7.24. The first-order valence-electron chi connectivity index (χ1n) is 11.4. The summed E-state index contributed by atoms with van der Waals surface area (Å²) in [4.78, 5) is 31.1. The molecular formula is C25H26ClN3O6S. The first-order chi connectivity index (χ1) is 17.4. The summed E-state index contributed by atoms with van der Waals surface area (Å²) in [6.45, 7) is 3.24. The third kappa shape index (κ3) is 5.55. The zero-order valence-corrected chi connectivity index (χ0v) is 21.7. The second-order valence-corrected chi connectivity index (χ2v) is 9.27. The Morgan fingerprint density at radius 1 is 1.25 bits per heavy atom. The number of likely N-dealkylation sites (tertiary alicyclic amines) is 1. The first kappa shape index (κ1) is 25.7. The molecule has 1 aromatic carbocycles. The van der Waals surface area contributed by atoms with Gasteiger partial charge in [-0.1, -0.05) is 16.8 Å². The van der Waals surface area contributed by atoms with Gasteiger partial charge in [0.1, 0.15) is 5.69 Å². The smallest absolute Gasteiger partial charge is 0.360 e. The third-order valence-electron chi connectivity index (χ3n) is 5.85. The lowest BCUT2D eigenvalue weighted by Crippen LogP contribution is -2.36. The van der Waals surface area contributed by atoms with Gasteiger partial charge in [0.25, 0.3) is 0 Å². The number of piperidine rings is 1. The van der Waals surface area contributed by atoms with Crippen molar-refractivity contribution >= 4 is 40.9 Å². The first-order valence-corrected chi connectivity index (χ1v) is 12.7. The van der Waals surface area contributed by atoms with Crippen LogP contribution in [0.25, 0.3) is 17.5 Å². The van der Waals surface area contributed by atoms with Gasteiger partial charge < -0.3 is 23.6 Å². The number of thiazole rings is 1. The molecule has 0 bridgehead atoms. The molecule has 0 radical (unpaired) electrons. The molecule has 2 aromatic heterocycles. The highest BCUT2D eigenvalue weighted by atomic mass is 35.5. The van der Waals surface area contributed by atoms with Gasteiger partial charge in [0, 0.05) is 36.5 Å². The van der Waals surface area contributed by atoms with Crippen molar-refractivity contribution in [1.29, 1.82) is 0 Å². The molecule has 1 saturated heterocycles. The summed E-state index contributed by atoms with van der Waals surface area (Å²) in [6.07, 6.45) is 4.82. The van der Waals surface area contributed by atoms with Gasteiger partial charge in [-0.25, -0.2) is 9.78 Å². The van der Waals surface area contributed by atoms with Crippen molar-refractivity contribution in [1.82, 2.24) is 15.0 Å². The zero-order valence-electron chi connectivity index (χ0n) is 20.2. The maximum atomic E-state index is 12.8. The van der Waals surface area contributed by atoms with Crippen molar-refractivity contribution in [2.75, 3.05) is 33.9 Å². The van der Waals surface area contributed by atoms with E-state index in [9.17, 15) is 9.59 Å². The molecule has 1 aliphatic heterocycles. The van der Waals surface area contributed by atoms with Gasteiger partial charge in [-0.15, -0.1) is 11.3 Å². The summed E-state index contributed by atoms with van der Waals surface area (Å²) in [5.41, 5.74) is 1.42. The van der Waals surface area contributed by atoms with Crippen LogP contribution in [0.15, 0.2) is 34.2 Å². The van der Waals surface area contributed by atoms with Crippen LogP contribution in [0.3, 0.4) is 0 Å². The number of amides is 1. The molecule has 0 N–H and O–H groups in total. The largest absolute Gasteiger partial charge is 0.493 e. The molecule has 0 aliphatic carbocycles. The Morgan fingerprint density at radius 3 is 2.72 bits per heavy atom. The van der Waals surface area contributed by atoms with Crippen molar-refractivity contribution in [3.8, 4) is 23.0 Å². The normalized spacial score (nSPS) is 14.3. The van der Waals surface area contributed by atoms with E-state index in [4.69, 9.17) is 30.3 Å². The molecule has 3 aromatic rings. The lowest BCUT2D eigenvalue weighted by Gasteiger charge is -2.30. The van der Waals surface area contributed by atoms with Crippen molar-refractivity contribution in [2.24, 2.45) is 0 Å². The molecular weight excluding hydrogens is 506 g/mol. The predicted molar refractivity (Wildman–Crippen MR) is 136 cm³/mol. The van der Waals surface area contributed by atoms with Crippen LogP contribution in [0, 0.1) is 0 Å². The Labute approximate surface area is 217 Å². The minimum atomic E-state index is -0.526. The topological polar surface area (TPSA) is 104 Å². The molecule has 1 aliphatic rings. The molecule has 1 fully saturated rings. The molecule has 3 heterocycles. The van der Waals surface area contributed by atoms with Gasteiger partial charge in [0.15, 0.2) is 23.0 Å². The summed E-state index contributed by atoms with van der Waals surface area (Å²) in [5.74, 6) is 1.02. The Bertz CT molecular complexity index is 1260. The van der Waals surface area contributed by atoms with Crippen molar-refractivity contribution in [3.05, 3.63) is 50.9 Å². The molecule has 0 spiro atoms. The highest BCUT2D eigenvalue weighted by Gasteiger charge is 2.26. The Kier molecular flexibility index (Phi) is 8.27. The molecule has 0 saturated carbocycles. The van der Waals surface area contributed by atoms with Gasteiger partial charge in [-0.3, -0.25) is 4.79 Å². The highest BCUT2D eigenvalue weighted by molar-refractivity contribution is 7.10. The van der Waals surface area contributed by atoms with Gasteiger partial charge in [0.2, 0.25) is 5.91 Å². The summed E-state index contributed by atoms with van der Waals surface area (Å²) < 4.78 is 20.8. The monoisotopic (exact) mass is 531 g/mol. The number of nitrogens with zero attached hydrogens (tertiary/aromatic N) is 3. The van der Waals surface area contributed by atoms with Crippen LogP contribution in [0.1, 0.15) is 46.7 Å². The average Bonchev–Trinajstić information content (AvgIpc) is 3.58. The van der Waals surface area contributed by atoms with E-state index < -0.39 is 5.97 Å². The van der Waals surface area contributed by atoms with Gasteiger partial charge >= 0.3 is 5.97 Å². The lowest BCUT2D eigenvalue weighted by molar-refractivity contribution is -0.126. The van der Waals surface area contributed by atoms with Gasteiger partial charge in [-0.2, -0.15) is 0 Å². The van der Waals surface area contributed by atoms with Crippen LogP contribution in [-0.2, 0) is 9.53 Å². The number of methoxy groups -OCH3 is 2. The molecule has 190 valence electrons. The number of aromatic nitrogens is 2. The number of hydrogen-bond acceptors (Lipinski definition) is 9. The highest BCUT2D eigenvalue weighted by Crippen LogP contribution is 2.38. The number of carbonyl (C=O) groups excluding carboxylic acids is 2. The van der Waals surface area contributed by atoms with Crippen molar-refractivity contribution < 1.29 is 28.3 Å². The van der Waals surface area contributed by atoms with Crippen LogP contribution in [0.4, 0.5) is 0 Å². The number of esters is 1. The standard InChI is InChI=1S/C25H26ClN3O6S/c1-4-34-25(31)17-13-20(35-28-17)18-14-36-24(27-18)16-9-11-29(12-10-16)21(30)8-6-15-5-7-19(32-2)23(33-3)22(15)26/h5-8,13-14,16H,4,9-12H2,1-3H3. The average molecular weight is 532 g/mol. The second-order valence-electron chi connectivity index (χ2n) is 8.01. The van der Waals surface area contributed by atoms with Crippen LogP contribution in [-0.4, -0.2) is 60.8 Å². The van der Waals surface area contributed by atoms with E-state index in [2.05, 4.69) is 10.1 Å². The number of hydrogen-bond donors (Lipinski definition) is 0. The van der Waals surface area contributed by atoms with E-state index in [-0.39, 0.29) is 24.1 Å². The second kappa shape index (κ2) is 11.6. The van der Waals surface area contributed by atoms with Crippen LogP contribution in [0.2, 0.25) is 5.02 Å². The van der Waals surface area contributed by atoms with Crippen LogP contribution in [0.5, 0.6) is 11.5 Å². The summed E-state index contributed by atoms with van der Waals surface area (Å²) >= 11 is 7.94. The number of ether oxygens (including phenoxy) is 3. The predicted octanol–water partition coefficient (Wildman–Crippen LogP) is 5.06. The molecule has 36 heavy (non-hydrogen) atoms. The van der Waals surface area contributed by atoms with E-state index in [1.165, 1.54) is 30.6 Å². The minimum absolute atomic E-state index is 0.0766. The quantitative estimate of drug-likeness (QED) is 0.293. The van der Waals surface area contributed by atoms with E-state index >= 15 is 0 Å². The van der Waals surface area contributed by atoms with Gasteiger partial charge in [0.05, 0.1) is 30.9 Å². The molecule has 9 nitrogen and oxygen atoms in total. The van der Waals surface area contributed by atoms with E-state index in [1.807, 2.05) is 10.3 Å². The van der Waals surface area contributed by atoms with Crippen LogP contribution >= 0.6 is 22.9 Å². The van der Waals surface area contributed by atoms with E-state index in [1.54, 1.807) is 32.2 Å². The summed E-state index contributed by atoms with van der Waals surface area (Å²) in [7, 11) is 3.06. The fourth-order valence-corrected chi connectivity index (χ4v) is 5.21. The molecule has 1 amide bonds. The SMILES string of the molecule is CCOC(=O)c1cc(-c2csc(C3CCN(C(=O)C=Cc4ccc(OC)c(OC)c4Cl)CC3)n2)on1. The van der Waals surface area contributed by atoms with E-state index in [0.29, 0.717) is 46.6 Å². The van der Waals surface area contributed by atoms with E-state index in [0.717, 1.165) is 17.8 Å². The number of halogens is 1. The molecule has 4 rings (SSSR count). The Hall–Kier alpha value is -3.37. The molecule has 11 heteroatoms. The molecule has 0 atom stereocenters. The Morgan fingerprint density at radius 2 is 2.03 bits per heavy atom. The molecule has 0 unspecified atom stereocenters. The Balaban J connectivity index is 1.35. The maximum absolute atomic E-state index is 12.8. The number of benzene rings is 1. The number of carbonyl (C=O) groups is 2. The van der Waals surface area contributed by atoms with Crippen LogP contribution < -0.4 is 9.47 Å². The lowest BCUT2D eigenvalue weighted by atomic mass is 9.97. The maximum Gasteiger partial charge on any atom is 0.360 e. The summed E-state index contributed by atoms with van der Waals surface area (Å²) in [6, 6.07) is 5.07. The fourth-order valence-electron chi connectivity index (χ4n) is 3.93. The fraction of sp³-hybridized carbons (Fsp3) is 0.360. The van der Waals surface area contributed by atoms with Crippen molar-refractivity contribution in [2.45, 2.75) is 25.7 Å².